The van der Waals surface area contributed by atoms with Crippen molar-refractivity contribution in [3.05, 3.63) is 35.4 Å². The Morgan fingerprint density at radius 1 is 1.31 bits per heavy atom. The van der Waals surface area contributed by atoms with E-state index in [1.807, 2.05) is 7.05 Å². The first-order chi connectivity index (χ1) is 7.79. The third kappa shape index (κ3) is 3.32. The summed E-state index contributed by atoms with van der Waals surface area (Å²) in [5, 5.41) is 3.20. The number of aryl methyl sites for hydroxylation is 1. The summed E-state index contributed by atoms with van der Waals surface area (Å²) in [5.74, 6) is 0.824. The van der Waals surface area contributed by atoms with E-state index in [4.69, 9.17) is 4.74 Å². The number of rotatable bonds is 6. The van der Waals surface area contributed by atoms with Gasteiger partial charge in [0.15, 0.2) is 0 Å². The summed E-state index contributed by atoms with van der Waals surface area (Å²) in [6.07, 6.45) is 2.89. The molecule has 1 aliphatic rings. The zero-order chi connectivity index (χ0) is 11.4. The molecule has 2 rings (SSSR count). The first-order valence-electron chi connectivity index (χ1n) is 6.12. The van der Waals surface area contributed by atoms with E-state index in [9.17, 15) is 0 Å². The third-order valence-corrected chi connectivity index (χ3v) is 3.07. The van der Waals surface area contributed by atoms with Crippen LogP contribution in [-0.2, 0) is 4.74 Å². The predicted molar refractivity (Wildman–Crippen MR) is 66.5 cm³/mol. The monoisotopic (exact) mass is 219 g/mol. The third-order valence-electron chi connectivity index (χ3n) is 3.07. The second-order valence-corrected chi connectivity index (χ2v) is 4.73. The van der Waals surface area contributed by atoms with Gasteiger partial charge in [0.1, 0.15) is 0 Å². The highest BCUT2D eigenvalue weighted by Crippen LogP contribution is 2.31. The number of hydrogen-bond acceptors (Lipinski definition) is 2. The minimum atomic E-state index is 0.200. The van der Waals surface area contributed by atoms with Crippen molar-refractivity contribution in [2.75, 3.05) is 20.2 Å². The number of likely N-dealkylation sites (N-methyl/N-ethyl adjacent to an activating group) is 1. The van der Waals surface area contributed by atoms with Crippen LogP contribution in [0.3, 0.4) is 0 Å². The molecule has 2 heteroatoms. The Morgan fingerprint density at radius 3 is 2.56 bits per heavy atom. The lowest BCUT2D eigenvalue weighted by molar-refractivity contribution is 0.0465. The van der Waals surface area contributed by atoms with Crippen molar-refractivity contribution in [1.29, 1.82) is 0 Å². The standard InChI is InChI=1S/C14H21NO/c1-11-3-7-13(8-4-11)14(9-15-2)16-10-12-5-6-12/h3-4,7-8,12,14-15H,5-6,9-10H2,1-2H3. The number of hydrogen-bond donors (Lipinski definition) is 1. The van der Waals surface area contributed by atoms with E-state index in [0.717, 1.165) is 19.1 Å². The lowest BCUT2D eigenvalue weighted by Gasteiger charge is -2.18. The molecule has 1 saturated carbocycles. The molecule has 0 amide bonds. The van der Waals surface area contributed by atoms with Crippen molar-refractivity contribution < 1.29 is 4.74 Å². The molecule has 0 heterocycles. The van der Waals surface area contributed by atoms with Gasteiger partial charge in [-0.05, 0) is 38.3 Å². The van der Waals surface area contributed by atoms with Gasteiger partial charge >= 0.3 is 0 Å². The summed E-state index contributed by atoms with van der Waals surface area (Å²) in [6.45, 7) is 3.91. The van der Waals surface area contributed by atoms with Crippen LogP contribution >= 0.6 is 0 Å². The normalized spacial score (nSPS) is 17.4. The van der Waals surface area contributed by atoms with Crippen molar-refractivity contribution in [2.24, 2.45) is 5.92 Å². The van der Waals surface area contributed by atoms with E-state index in [2.05, 4.69) is 36.5 Å². The molecule has 0 aromatic heterocycles. The average molecular weight is 219 g/mol. The summed E-state index contributed by atoms with van der Waals surface area (Å²) >= 11 is 0. The molecule has 0 bridgehead atoms. The van der Waals surface area contributed by atoms with Crippen LogP contribution in [0.1, 0.15) is 30.1 Å². The van der Waals surface area contributed by atoms with Gasteiger partial charge in [-0.1, -0.05) is 29.8 Å². The van der Waals surface area contributed by atoms with Gasteiger partial charge in [0.25, 0.3) is 0 Å². The molecule has 16 heavy (non-hydrogen) atoms. The predicted octanol–water partition coefficient (Wildman–Crippen LogP) is 2.68. The molecule has 1 aromatic rings. The second-order valence-electron chi connectivity index (χ2n) is 4.73. The van der Waals surface area contributed by atoms with Crippen molar-refractivity contribution >= 4 is 0 Å². The van der Waals surface area contributed by atoms with Crippen LogP contribution in [-0.4, -0.2) is 20.2 Å². The Labute approximate surface area is 98.0 Å². The Morgan fingerprint density at radius 2 is 2.00 bits per heavy atom. The molecule has 1 unspecified atom stereocenters. The summed E-state index contributed by atoms with van der Waals surface area (Å²) in [5.41, 5.74) is 2.58. The fourth-order valence-electron chi connectivity index (χ4n) is 1.78. The highest BCUT2D eigenvalue weighted by atomic mass is 16.5. The van der Waals surface area contributed by atoms with Crippen molar-refractivity contribution in [2.45, 2.75) is 25.9 Å². The van der Waals surface area contributed by atoms with E-state index in [0.29, 0.717) is 0 Å². The topological polar surface area (TPSA) is 21.3 Å². The molecule has 1 atom stereocenters. The van der Waals surface area contributed by atoms with E-state index in [1.54, 1.807) is 0 Å². The van der Waals surface area contributed by atoms with E-state index in [-0.39, 0.29) is 6.10 Å². The zero-order valence-corrected chi connectivity index (χ0v) is 10.2. The summed E-state index contributed by atoms with van der Waals surface area (Å²) in [7, 11) is 1.97. The van der Waals surface area contributed by atoms with Crippen LogP contribution in [0, 0.1) is 12.8 Å². The van der Waals surface area contributed by atoms with Crippen LogP contribution in [0.25, 0.3) is 0 Å². The average Bonchev–Trinajstić information content (AvgIpc) is 3.09. The fraction of sp³-hybridized carbons (Fsp3) is 0.571. The molecule has 0 radical (unpaired) electrons. The lowest BCUT2D eigenvalue weighted by Crippen LogP contribution is -2.20. The molecule has 1 aliphatic carbocycles. The van der Waals surface area contributed by atoms with Gasteiger partial charge in [-0.3, -0.25) is 0 Å². The quantitative estimate of drug-likeness (QED) is 0.794. The maximum absolute atomic E-state index is 5.97. The van der Waals surface area contributed by atoms with Crippen LogP contribution in [0.15, 0.2) is 24.3 Å². The molecular formula is C14H21NO. The van der Waals surface area contributed by atoms with Crippen molar-refractivity contribution in [1.82, 2.24) is 5.32 Å². The molecule has 88 valence electrons. The first-order valence-corrected chi connectivity index (χ1v) is 6.12. The van der Waals surface area contributed by atoms with Gasteiger partial charge in [0, 0.05) is 6.54 Å². The molecule has 0 saturated heterocycles. The minimum Gasteiger partial charge on any atom is -0.372 e. The molecule has 1 aromatic carbocycles. The molecule has 2 nitrogen and oxygen atoms in total. The van der Waals surface area contributed by atoms with Crippen LogP contribution < -0.4 is 5.32 Å². The van der Waals surface area contributed by atoms with E-state index in [1.165, 1.54) is 24.0 Å². The maximum atomic E-state index is 5.97. The van der Waals surface area contributed by atoms with Gasteiger partial charge in [-0.25, -0.2) is 0 Å². The van der Waals surface area contributed by atoms with Gasteiger partial charge in [0.2, 0.25) is 0 Å². The molecule has 1 fully saturated rings. The number of benzene rings is 1. The highest BCUT2D eigenvalue weighted by Gasteiger charge is 2.23. The number of nitrogens with one attached hydrogen (secondary N) is 1. The van der Waals surface area contributed by atoms with E-state index < -0.39 is 0 Å². The van der Waals surface area contributed by atoms with Gasteiger partial charge < -0.3 is 10.1 Å². The van der Waals surface area contributed by atoms with Gasteiger partial charge in [-0.2, -0.15) is 0 Å². The molecule has 0 aliphatic heterocycles. The Hall–Kier alpha value is -0.860. The molecular weight excluding hydrogens is 198 g/mol. The Balaban J connectivity index is 1.95. The summed E-state index contributed by atoms with van der Waals surface area (Å²) in [6, 6.07) is 8.64. The largest absolute Gasteiger partial charge is 0.372 e. The van der Waals surface area contributed by atoms with Gasteiger partial charge in [0.05, 0.1) is 12.7 Å². The summed E-state index contributed by atoms with van der Waals surface area (Å²) < 4.78 is 5.97. The molecule has 0 spiro atoms. The van der Waals surface area contributed by atoms with Crippen molar-refractivity contribution in [3.63, 3.8) is 0 Å². The van der Waals surface area contributed by atoms with E-state index >= 15 is 0 Å². The van der Waals surface area contributed by atoms with Crippen LogP contribution in [0.5, 0.6) is 0 Å². The lowest BCUT2D eigenvalue weighted by atomic mass is 10.1. The van der Waals surface area contributed by atoms with Crippen LogP contribution in [0.4, 0.5) is 0 Å². The second kappa shape index (κ2) is 5.46. The van der Waals surface area contributed by atoms with Gasteiger partial charge in [-0.15, -0.1) is 0 Å². The minimum absolute atomic E-state index is 0.200. The summed E-state index contributed by atoms with van der Waals surface area (Å²) in [4.78, 5) is 0. The maximum Gasteiger partial charge on any atom is 0.0949 e. The smallest absolute Gasteiger partial charge is 0.0949 e. The Kier molecular flexibility index (Phi) is 3.97. The highest BCUT2D eigenvalue weighted by molar-refractivity contribution is 5.23. The Bertz CT molecular complexity index is 316. The van der Waals surface area contributed by atoms with Crippen molar-refractivity contribution in [3.8, 4) is 0 Å². The first kappa shape index (κ1) is 11.6. The fourth-order valence-corrected chi connectivity index (χ4v) is 1.78. The SMILES string of the molecule is CNCC(OCC1CC1)c1ccc(C)cc1. The van der Waals surface area contributed by atoms with Crippen LogP contribution in [0.2, 0.25) is 0 Å². The zero-order valence-electron chi connectivity index (χ0n) is 10.2. The number of ether oxygens (including phenoxy) is 1. The molecule has 1 N–H and O–H groups in total.